The van der Waals surface area contributed by atoms with Crippen molar-refractivity contribution in [1.82, 2.24) is 15.2 Å². The summed E-state index contributed by atoms with van der Waals surface area (Å²) in [6.45, 7) is 17.8. The first-order chi connectivity index (χ1) is 19.0. The summed E-state index contributed by atoms with van der Waals surface area (Å²) in [4.78, 5) is 31.2. The van der Waals surface area contributed by atoms with Crippen molar-refractivity contribution < 1.29 is 32.6 Å². The van der Waals surface area contributed by atoms with Gasteiger partial charge in [-0.25, -0.2) is 9.18 Å². The molecule has 0 radical (unpaired) electrons. The largest absolute Gasteiger partial charge is 0.481 e. The van der Waals surface area contributed by atoms with Crippen LogP contribution in [0.1, 0.15) is 85.6 Å². The summed E-state index contributed by atoms with van der Waals surface area (Å²) < 4.78 is 38.3. The second-order valence-electron chi connectivity index (χ2n) is 13.8. The minimum Gasteiger partial charge on any atom is -0.481 e. The van der Waals surface area contributed by atoms with E-state index in [2.05, 4.69) is 44.2 Å². The minimum absolute atomic E-state index is 0.00417. The maximum absolute atomic E-state index is 15.1. The number of hydrogen-bond acceptors (Lipinski definition) is 7. The van der Waals surface area contributed by atoms with Crippen LogP contribution in [0.2, 0.25) is 18.1 Å². The lowest BCUT2D eigenvalue weighted by Crippen LogP contribution is -2.47. The van der Waals surface area contributed by atoms with Gasteiger partial charge in [0.25, 0.3) is 5.88 Å². The van der Waals surface area contributed by atoms with E-state index in [0.29, 0.717) is 30.9 Å². The minimum atomic E-state index is -1.78. The first-order valence-corrected chi connectivity index (χ1v) is 17.7. The number of amides is 2. The molecule has 232 valence electrons. The number of likely N-dealkylation sites (tertiary alicyclic amines) is 1. The predicted octanol–water partition coefficient (Wildman–Crippen LogP) is 6.20. The maximum Gasteiger partial charge on any atom is 0.410 e. The third-order valence-electron chi connectivity index (χ3n) is 8.37. The normalized spacial score (nSPS) is 21.9. The molecule has 1 atom stereocenters. The number of halogens is 1. The summed E-state index contributed by atoms with van der Waals surface area (Å²) in [6, 6.07) is 0.652. The fourth-order valence-electron chi connectivity index (χ4n) is 4.88. The van der Waals surface area contributed by atoms with E-state index in [4.69, 9.17) is 18.6 Å². The van der Waals surface area contributed by atoms with Gasteiger partial charge in [0.2, 0.25) is 11.8 Å². The van der Waals surface area contributed by atoms with Crippen molar-refractivity contribution in [2.45, 2.75) is 122 Å². The van der Waals surface area contributed by atoms with Crippen LogP contribution in [0.5, 0.6) is 11.8 Å². The monoisotopic (exact) mass is 595 g/mol. The molecular formula is C30H50FN3O6Si. The Balaban J connectivity index is 1.54. The zero-order valence-electron chi connectivity index (χ0n) is 26.4. The van der Waals surface area contributed by atoms with Crippen LogP contribution in [0.4, 0.5) is 9.18 Å². The van der Waals surface area contributed by atoms with Crippen molar-refractivity contribution in [2.24, 2.45) is 5.92 Å². The number of nitrogens with one attached hydrogen (secondary N) is 1. The first-order valence-electron chi connectivity index (χ1n) is 14.8. The number of ether oxygens (including phenoxy) is 3. The first kappa shape index (κ1) is 33.1. The highest BCUT2D eigenvalue weighted by Crippen LogP contribution is 2.38. The van der Waals surface area contributed by atoms with Crippen molar-refractivity contribution in [3.05, 3.63) is 17.4 Å². The van der Waals surface area contributed by atoms with Crippen molar-refractivity contribution in [1.29, 1.82) is 0 Å². The van der Waals surface area contributed by atoms with Gasteiger partial charge in [-0.15, -0.1) is 0 Å². The smallest absolute Gasteiger partial charge is 0.410 e. The number of nitrogens with zero attached hydrogens (tertiary/aromatic N) is 2. The number of carbonyl (C=O) groups excluding carboxylic acids is 2. The van der Waals surface area contributed by atoms with Crippen LogP contribution in [0.25, 0.3) is 0 Å². The van der Waals surface area contributed by atoms with Gasteiger partial charge in [0.15, 0.2) is 14.1 Å². The van der Waals surface area contributed by atoms with Gasteiger partial charge < -0.3 is 24.0 Å². The lowest BCUT2D eigenvalue weighted by Gasteiger charge is -2.38. The van der Waals surface area contributed by atoms with E-state index < -0.39 is 31.9 Å². The van der Waals surface area contributed by atoms with E-state index in [9.17, 15) is 9.59 Å². The summed E-state index contributed by atoms with van der Waals surface area (Å²) in [5, 5.41) is 2.99. The molecule has 1 aromatic heterocycles. The zero-order valence-corrected chi connectivity index (χ0v) is 27.4. The topological polar surface area (TPSA) is 99.2 Å². The molecule has 1 saturated carbocycles. The van der Waals surface area contributed by atoms with Crippen LogP contribution < -0.4 is 14.8 Å². The summed E-state index contributed by atoms with van der Waals surface area (Å²) in [5.74, 6) is -0.355. The Kier molecular flexibility index (Phi) is 10.7. The zero-order chi connectivity index (χ0) is 30.6. The quantitative estimate of drug-likeness (QED) is 0.339. The number of aromatic nitrogens is 1. The molecule has 1 saturated heterocycles. The van der Waals surface area contributed by atoms with Gasteiger partial charge in [-0.1, -0.05) is 20.8 Å². The molecule has 1 aromatic rings. The van der Waals surface area contributed by atoms with Crippen molar-refractivity contribution in [3.8, 4) is 11.8 Å². The predicted molar refractivity (Wildman–Crippen MR) is 158 cm³/mol. The van der Waals surface area contributed by atoms with E-state index in [-0.39, 0.29) is 35.4 Å². The number of rotatable bonds is 9. The van der Waals surface area contributed by atoms with Gasteiger partial charge in [-0.05, 0) is 89.4 Å². The number of carbonyl (C=O) groups is 2. The Bertz CT molecular complexity index is 1060. The van der Waals surface area contributed by atoms with Crippen LogP contribution in [0.15, 0.2) is 6.07 Å². The van der Waals surface area contributed by atoms with Crippen molar-refractivity contribution >= 4 is 20.3 Å². The van der Waals surface area contributed by atoms with Crippen LogP contribution in [-0.4, -0.2) is 68.2 Å². The van der Waals surface area contributed by atoms with Gasteiger partial charge in [-0.2, -0.15) is 4.98 Å². The molecule has 1 aliphatic carbocycles. The van der Waals surface area contributed by atoms with E-state index in [1.165, 1.54) is 18.1 Å². The van der Waals surface area contributed by atoms with E-state index in [0.717, 1.165) is 32.3 Å². The molecule has 0 spiro atoms. The third-order valence-corrected chi connectivity index (χ3v) is 12.9. The molecule has 41 heavy (non-hydrogen) atoms. The molecule has 0 bridgehead atoms. The van der Waals surface area contributed by atoms with Gasteiger partial charge in [0.1, 0.15) is 17.7 Å². The Morgan fingerprint density at radius 2 is 1.73 bits per heavy atom. The van der Waals surface area contributed by atoms with Gasteiger partial charge >= 0.3 is 6.09 Å². The van der Waals surface area contributed by atoms with Crippen molar-refractivity contribution in [3.63, 3.8) is 0 Å². The second kappa shape index (κ2) is 13.3. The van der Waals surface area contributed by atoms with E-state index in [1.807, 2.05) is 0 Å². The SMILES string of the molecule is COc1nc(OC2CCC(CO[Si](C)(C)C(C)(C)C)CC2)c(F)cc1CNC(=O)[C@@H]1CCCN1C(=O)OC(C)(C)C. The second-order valence-corrected chi connectivity index (χ2v) is 18.6. The van der Waals surface area contributed by atoms with Gasteiger partial charge in [0, 0.05) is 25.3 Å². The Morgan fingerprint density at radius 3 is 2.32 bits per heavy atom. The lowest BCUT2D eigenvalue weighted by atomic mass is 9.88. The van der Waals surface area contributed by atoms with Crippen molar-refractivity contribution in [2.75, 3.05) is 20.3 Å². The van der Waals surface area contributed by atoms with E-state index >= 15 is 4.39 Å². The fourth-order valence-corrected chi connectivity index (χ4v) is 5.96. The number of hydrogen-bond donors (Lipinski definition) is 1. The standard InChI is InChI=1S/C30H50FN3O6Si/c1-29(2,3)40-28(36)34-16-10-11-24(34)25(35)32-18-21-17-23(31)27(33-26(21)37-7)39-22-14-12-20(13-15-22)19-38-41(8,9)30(4,5)6/h17,20,22,24H,10-16,18-19H2,1-9H3,(H,32,35)/t20?,22?,24-/m0/s1. The number of methoxy groups -OCH3 is 1. The third kappa shape index (κ3) is 9.04. The summed E-state index contributed by atoms with van der Waals surface area (Å²) in [5.41, 5.74) is -0.265. The molecule has 2 fully saturated rings. The summed E-state index contributed by atoms with van der Waals surface area (Å²) in [6.07, 6.45) is 4.13. The highest BCUT2D eigenvalue weighted by molar-refractivity contribution is 6.74. The highest BCUT2D eigenvalue weighted by atomic mass is 28.4. The molecule has 3 rings (SSSR count). The van der Waals surface area contributed by atoms with Gasteiger partial charge in [0.05, 0.1) is 7.11 Å². The van der Waals surface area contributed by atoms with Gasteiger partial charge in [-0.3, -0.25) is 9.69 Å². The maximum atomic E-state index is 15.1. The molecule has 0 unspecified atom stereocenters. The number of pyridine rings is 1. The molecule has 1 aliphatic heterocycles. The summed E-state index contributed by atoms with van der Waals surface area (Å²) >= 11 is 0. The van der Waals surface area contributed by atoms with E-state index in [1.54, 1.807) is 20.8 Å². The van der Waals surface area contributed by atoms with Crippen LogP contribution >= 0.6 is 0 Å². The van der Waals surface area contributed by atoms with Crippen LogP contribution in [0.3, 0.4) is 0 Å². The molecule has 9 nitrogen and oxygen atoms in total. The molecule has 11 heteroatoms. The molecular weight excluding hydrogens is 545 g/mol. The fraction of sp³-hybridized carbons (Fsp3) is 0.767. The highest BCUT2D eigenvalue weighted by Gasteiger charge is 2.38. The average Bonchev–Trinajstić information content (AvgIpc) is 3.37. The molecule has 1 N–H and O–H groups in total. The van der Waals surface area contributed by atoms with Crippen LogP contribution in [0, 0.1) is 11.7 Å². The summed E-state index contributed by atoms with van der Waals surface area (Å²) in [7, 11) is -0.335. The lowest BCUT2D eigenvalue weighted by molar-refractivity contribution is -0.125. The molecule has 2 amide bonds. The Labute approximate surface area is 246 Å². The molecule has 2 heterocycles. The Morgan fingerprint density at radius 1 is 1.07 bits per heavy atom. The van der Waals surface area contributed by atoms with Crippen LogP contribution in [-0.2, 0) is 20.5 Å². The average molecular weight is 596 g/mol. The molecule has 0 aromatic carbocycles. The Hall–Kier alpha value is -2.40. The molecule has 2 aliphatic rings.